The summed E-state index contributed by atoms with van der Waals surface area (Å²) in [5, 5.41) is 9.38. The number of hydrogen-bond donors (Lipinski definition) is 1. The number of aryl methyl sites for hydroxylation is 1. The highest BCUT2D eigenvalue weighted by atomic mass is 32.2. The number of primary amides is 1. The molecule has 1 aliphatic carbocycles. The summed E-state index contributed by atoms with van der Waals surface area (Å²) < 4.78 is 40.5. The molecule has 0 bridgehead atoms. The van der Waals surface area contributed by atoms with Crippen LogP contribution >= 0.6 is 11.8 Å². The van der Waals surface area contributed by atoms with E-state index in [0.717, 1.165) is 60.9 Å². The molecule has 1 aliphatic heterocycles. The number of hydrogen-bond acceptors (Lipinski definition) is 6. The van der Waals surface area contributed by atoms with Crippen LogP contribution in [0, 0.1) is 12.3 Å². The molecule has 1 spiro atoms. The second-order valence-corrected chi connectivity index (χ2v) is 11.1. The monoisotopic (exact) mass is 530 g/mol. The van der Waals surface area contributed by atoms with Gasteiger partial charge in [0.05, 0.1) is 5.56 Å². The average molecular weight is 531 g/mol. The van der Waals surface area contributed by atoms with Crippen LogP contribution in [0.4, 0.5) is 13.2 Å². The summed E-state index contributed by atoms with van der Waals surface area (Å²) in [7, 11) is 1.88. The number of alkyl halides is 3. The van der Waals surface area contributed by atoms with E-state index in [1.165, 1.54) is 12.1 Å². The van der Waals surface area contributed by atoms with Gasteiger partial charge in [-0.1, -0.05) is 30.0 Å². The van der Waals surface area contributed by atoms with Crippen LogP contribution in [0.25, 0.3) is 11.5 Å². The molecule has 1 saturated carbocycles. The van der Waals surface area contributed by atoms with Gasteiger partial charge in [0.1, 0.15) is 11.4 Å². The van der Waals surface area contributed by atoms with E-state index in [1.54, 1.807) is 36.0 Å². The average Bonchev–Trinajstić information content (AvgIpc) is 3.21. The number of halogens is 3. The molecule has 2 aromatic heterocycles. The van der Waals surface area contributed by atoms with Crippen molar-refractivity contribution in [2.75, 3.05) is 25.4 Å². The van der Waals surface area contributed by atoms with E-state index in [4.69, 9.17) is 5.73 Å². The first kappa shape index (κ1) is 25.7. The molecular formula is C26H29F3N6OS. The first-order valence-corrected chi connectivity index (χ1v) is 13.3. The standard InChI is InChI=1S/C26H29F3N6OS/c1-16-4-9-20(22(30)36)31-21(16)23-32-33-24(34(23)2)37-13-3-11-35-12-10-25(15-35)14-19(25)17-5-7-18(8-6-17)26(27,28)29/h4-9,19H,3,10-15H2,1-2H3,(H2,30,36). The number of rotatable bonds is 8. The summed E-state index contributed by atoms with van der Waals surface area (Å²) in [5.74, 6) is 1.24. The highest BCUT2D eigenvalue weighted by molar-refractivity contribution is 7.99. The van der Waals surface area contributed by atoms with Crippen molar-refractivity contribution < 1.29 is 18.0 Å². The summed E-state index contributed by atoms with van der Waals surface area (Å²) >= 11 is 1.63. The third kappa shape index (κ3) is 5.24. The van der Waals surface area contributed by atoms with Crippen LogP contribution in [-0.4, -0.2) is 55.9 Å². The lowest BCUT2D eigenvalue weighted by Crippen LogP contribution is -2.23. The van der Waals surface area contributed by atoms with Gasteiger partial charge in [0, 0.05) is 19.3 Å². The molecular weight excluding hydrogens is 501 g/mol. The number of nitrogens with two attached hydrogens (primary N) is 1. The van der Waals surface area contributed by atoms with Crippen molar-refractivity contribution in [2.45, 2.75) is 43.4 Å². The van der Waals surface area contributed by atoms with Gasteiger partial charge in [0.2, 0.25) is 0 Å². The van der Waals surface area contributed by atoms with Gasteiger partial charge in [-0.3, -0.25) is 4.79 Å². The highest BCUT2D eigenvalue weighted by Crippen LogP contribution is 2.64. The normalized spacial score (nSPS) is 21.6. The smallest absolute Gasteiger partial charge is 0.364 e. The Morgan fingerprint density at radius 3 is 2.65 bits per heavy atom. The molecule has 1 saturated heterocycles. The van der Waals surface area contributed by atoms with Gasteiger partial charge in [-0.05, 0) is 79.9 Å². The number of carbonyl (C=O) groups excluding carboxylic acids is 1. The van der Waals surface area contributed by atoms with Crippen LogP contribution in [0.1, 0.15) is 52.4 Å². The molecule has 37 heavy (non-hydrogen) atoms. The summed E-state index contributed by atoms with van der Waals surface area (Å²) in [6, 6.07) is 9.11. The molecule has 2 N–H and O–H groups in total. The molecule has 2 atom stereocenters. The maximum atomic E-state index is 12.9. The predicted octanol–water partition coefficient (Wildman–Crippen LogP) is 4.67. The molecule has 1 aromatic carbocycles. The topological polar surface area (TPSA) is 89.9 Å². The Morgan fingerprint density at radius 1 is 1.19 bits per heavy atom. The highest BCUT2D eigenvalue weighted by Gasteiger charge is 2.57. The van der Waals surface area contributed by atoms with Gasteiger partial charge >= 0.3 is 6.18 Å². The van der Waals surface area contributed by atoms with Crippen molar-refractivity contribution in [1.29, 1.82) is 0 Å². The molecule has 2 unspecified atom stereocenters. The van der Waals surface area contributed by atoms with E-state index in [-0.39, 0.29) is 11.1 Å². The van der Waals surface area contributed by atoms with E-state index in [2.05, 4.69) is 20.1 Å². The largest absolute Gasteiger partial charge is 0.416 e. The Kier molecular flexibility index (Phi) is 6.78. The first-order valence-electron chi connectivity index (χ1n) is 12.3. The zero-order chi connectivity index (χ0) is 26.4. The molecule has 1 amide bonds. The molecule has 5 rings (SSSR count). The van der Waals surface area contributed by atoms with Crippen molar-refractivity contribution in [2.24, 2.45) is 18.2 Å². The van der Waals surface area contributed by atoms with E-state index < -0.39 is 17.6 Å². The lowest BCUT2D eigenvalue weighted by Gasteiger charge is -2.16. The Bertz CT molecular complexity index is 1310. The molecule has 3 aromatic rings. The van der Waals surface area contributed by atoms with Crippen LogP contribution in [0.2, 0.25) is 0 Å². The molecule has 11 heteroatoms. The predicted molar refractivity (Wildman–Crippen MR) is 135 cm³/mol. The summed E-state index contributed by atoms with van der Waals surface area (Å²) in [6.07, 6.45) is -1.16. The Morgan fingerprint density at radius 2 is 1.95 bits per heavy atom. The number of amides is 1. The van der Waals surface area contributed by atoms with Gasteiger partial charge in [-0.25, -0.2) is 4.98 Å². The number of thioether (sulfide) groups is 1. The summed E-state index contributed by atoms with van der Waals surface area (Å²) in [4.78, 5) is 18.4. The van der Waals surface area contributed by atoms with Crippen LogP contribution in [0.3, 0.4) is 0 Å². The van der Waals surface area contributed by atoms with Gasteiger partial charge in [0.25, 0.3) is 5.91 Å². The first-order chi connectivity index (χ1) is 17.6. The lowest BCUT2D eigenvalue weighted by atomic mass is 9.97. The van der Waals surface area contributed by atoms with Gasteiger partial charge in [-0.2, -0.15) is 13.2 Å². The second kappa shape index (κ2) is 9.75. The van der Waals surface area contributed by atoms with Crippen molar-refractivity contribution in [3.05, 3.63) is 58.8 Å². The van der Waals surface area contributed by atoms with E-state index >= 15 is 0 Å². The number of benzene rings is 1. The maximum Gasteiger partial charge on any atom is 0.416 e. The minimum absolute atomic E-state index is 0.192. The van der Waals surface area contributed by atoms with E-state index in [9.17, 15) is 18.0 Å². The van der Waals surface area contributed by atoms with Gasteiger partial charge in [-0.15, -0.1) is 10.2 Å². The number of carbonyl (C=O) groups is 1. The Balaban J connectivity index is 1.11. The van der Waals surface area contributed by atoms with Gasteiger partial charge in [0.15, 0.2) is 11.0 Å². The minimum Gasteiger partial charge on any atom is -0.364 e. The zero-order valence-corrected chi connectivity index (χ0v) is 21.6. The Labute approximate surface area is 217 Å². The second-order valence-electron chi connectivity index (χ2n) is 10.1. The van der Waals surface area contributed by atoms with Crippen molar-refractivity contribution in [3.63, 3.8) is 0 Å². The lowest BCUT2D eigenvalue weighted by molar-refractivity contribution is -0.137. The molecule has 3 heterocycles. The van der Waals surface area contributed by atoms with Crippen LogP contribution in [0.5, 0.6) is 0 Å². The summed E-state index contributed by atoms with van der Waals surface area (Å²) in [6.45, 7) is 4.90. The number of likely N-dealkylation sites (tertiary alicyclic amines) is 1. The maximum absolute atomic E-state index is 12.9. The fourth-order valence-corrected chi connectivity index (χ4v) is 6.17. The zero-order valence-electron chi connectivity index (χ0n) is 20.8. The van der Waals surface area contributed by atoms with Gasteiger partial charge < -0.3 is 15.2 Å². The quantitative estimate of drug-likeness (QED) is 0.337. The number of pyridine rings is 1. The molecule has 196 valence electrons. The van der Waals surface area contributed by atoms with E-state index in [1.807, 2.05) is 18.5 Å². The van der Waals surface area contributed by atoms with Crippen molar-refractivity contribution in [1.82, 2.24) is 24.6 Å². The molecule has 0 radical (unpaired) electrons. The van der Waals surface area contributed by atoms with Crippen LogP contribution < -0.4 is 5.73 Å². The molecule has 2 aliphatic rings. The van der Waals surface area contributed by atoms with Crippen molar-refractivity contribution >= 4 is 17.7 Å². The molecule has 7 nitrogen and oxygen atoms in total. The molecule has 2 fully saturated rings. The third-order valence-electron chi connectivity index (χ3n) is 7.54. The van der Waals surface area contributed by atoms with Crippen LogP contribution in [0.15, 0.2) is 41.6 Å². The SMILES string of the molecule is Cc1ccc(C(N)=O)nc1-c1nnc(SCCCN2CCC3(CC3c3ccc(C(F)(F)F)cc3)C2)n1C. The number of nitrogens with zero attached hydrogens (tertiary/aromatic N) is 5. The fourth-order valence-electron chi connectivity index (χ4n) is 5.34. The Hall–Kier alpha value is -2.92. The van der Waals surface area contributed by atoms with E-state index in [0.29, 0.717) is 17.4 Å². The summed E-state index contributed by atoms with van der Waals surface area (Å²) in [5.41, 5.74) is 7.70. The third-order valence-corrected chi connectivity index (χ3v) is 8.65. The fraction of sp³-hybridized carbons (Fsp3) is 0.462. The number of aromatic nitrogens is 4. The van der Waals surface area contributed by atoms with Crippen LogP contribution in [-0.2, 0) is 13.2 Å². The minimum atomic E-state index is -4.29. The van der Waals surface area contributed by atoms with Crippen molar-refractivity contribution in [3.8, 4) is 11.5 Å².